The maximum atomic E-state index is 12.8. The van der Waals surface area contributed by atoms with Crippen LogP contribution in [0.15, 0.2) is 72.9 Å². The van der Waals surface area contributed by atoms with E-state index in [0.717, 1.165) is 22.9 Å². The Morgan fingerprint density at radius 1 is 1.06 bits per heavy atom. The number of hydrogen-bond acceptors (Lipinski definition) is 5. The second-order valence-electron chi connectivity index (χ2n) is 8.08. The Hall–Kier alpha value is -3.49. The summed E-state index contributed by atoms with van der Waals surface area (Å²) in [5, 5.41) is 0. The zero-order valence-electron chi connectivity index (χ0n) is 19.4. The molecule has 178 valence electrons. The number of ketones is 1. The van der Waals surface area contributed by atoms with Gasteiger partial charge < -0.3 is 9.30 Å². The molecule has 0 spiro atoms. The third-order valence-electron chi connectivity index (χ3n) is 5.12. The van der Waals surface area contributed by atoms with Crippen molar-refractivity contribution >= 4 is 27.8 Å². The molecule has 1 heterocycles. The molecule has 0 fully saturated rings. The number of ether oxygens (including phenoxy) is 1. The number of rotatable bonds is 10. The molecule has 7 nitrogen and oxygen atoms in total. The number of amides is 1. The molecule has 0 saturated carbocycles. The second-order valence-corrected chi connectivity index (χ2v) is 9.83. The first kappa shape index (κ1) is 25.1. The zero-order chi connectivity index (χ0) is 24.7. The average Bonchev–Trinajstić information content (AvgIpc) is 3.25. The molecule has 0 aliphatic carbocycles. The van der Waals surface area contributed by atoms with Crippen LogP contribution in [0.4, 0.5) is 0 Å². The van der Waals surface area contributed by atoms with Crippen LogP contribution in [0.5, 0.6) is 0 Å². The van der Waals surface area contributed by atoms with Gasteiger partial charge in [0.2, 0.25) is 15.8 Å². The molecule has 1 aromatic heterocycles. The molecule has 0 aliphatic rings. The van der Waals surface area contributed by atoms with E-state index in [9.17, 15) is 18.0 Å². The molecule has 1 N–H and O–H groups in total. The number of allylic oxidation sites excluding steroid dienone is 1. The first-order valence-corrected chi connectivity index (χ1v) is 12.7. The van der Waals surface area contributed by atoms with Gasteiger partial charge in [0, 0.05) is 18.3 Å². The minimum atomic E-state index is -3.61. The van der Waals surface area contributed by atoms with Crippen LogP contribution >= 0.6 is 0 Å². The SMILES string of the molecule is Cc1ccc(C(=O)c2cccn2C/C=C/c2ccc(CO[C@H](C)C(=O)NS(C)(=O)=O)cc2)cc1. The Kier molecular flexibility index (Phi) is 8.20. The first-order valence-electron chi connectivity index (χ1n) is 10.8. The molecule has 0 unspecified atom stereocenters. The third-order valence-corrected chi connectivity index (χ3v) is 5.70. The molecule has 3 rings (SSSR count). The summed E-state index contributed by atoms with van der Waals surface area (Å²) in [6.45, 7) is 4.22. The van der Waals surface area contributed by atoms with Crippen LogP contribution in [-0.4, -0.2) is 37.0 Å². The maximum Gasteiger partial charge on any atom is 0.262 e. The summed E-state index contributed by atoms with van der Waals surface area (Å²) < 4.78 is 31.5. The Morgan fingerprint density at radius 3 is 2.38 bits per heavy atom. The van der Waals surface area contributed by atoms with Crippen LogP contribution in [0.1, 0.15) is 39.7 Å². The highest BCUT2D eigenvalue weighted by atomic mass is 32.2. The van der Waals surface area contributed by atoms with Crippen LogP contribution in [0.3, 0.4) is 0 Å². The van der Waals surface area contributed by atoms with Crippen molar-refractivity contribution in [3.63, 3.8) is 0 Å². The number of nitrogens with one attached hydrogen (secondary N) is 1. The topological polar surface area (TPSA) is 94.5 Å². The number of aryl methyl sites for hydroxylation is 1. The van der Waals surface area contributed by atoms with Crippen molar-refractivity contribution in [1.29, 1.82) is 0 Å². The Morgan fingerprint density at radius 2 is 1.74 bits per heavy atom. The van der Waals surface area contributed by atoms with Crippen molar-refractivity contribution in [3.05, 3.63) is 101 Å². The van der Waals surface area contributed by atoms with Crippen LogP contribution in [0, 0.1) is 6.92 Å². The Balaban J connectivity index is 1.55. The van der Waals surface area contributed by atoms with Gasteiger partial charge in [-0.3, -0.25) is 14.3 Å². The highest BCUT2D eigenvalue weighted by molar-refractivity contribution is 7.89. The molecule has 3 aromatic rings. The summed E-state index contributed by atoms with van der Waals surface area (Å²) in [5.41, 5.74) is 4.24. The van der Waals surface area contributed by atoms with Crippen LogP contribution in [-0.2, 0) is 32.7 Å². The smallest absolute Gasteiger partial charge is 0.262 e. The molecule has 0 saturated heterocycles. The summed E-state index contributed by atoms with van der Waals surface area (Å²) in [7, 11) is -3.61. The van der Waals surface area contributed by atoms with E-state index in [4.69, 9.17) is 4.74 Å². The van der Waals surface area contributed by atoms with Crippen molar-refractivity contribution in [1.82, 2.24) is 9.29 Å². The van der Waals surface area contributed by atoms with E-state index in [0.29, 0.717) is 17.8 Å². The third kappa shape index (κ3) is 7.26. The number of carbonyl (C=O) groups excluding carboxylic acids is 2. The van der Waals surface area contributed by atoms with Gasteiger partial charge in [0.25, 0.3) is 5.91 Å². The van der Waals surface area contributed by atoms with E-state index in [1.165, 1.54) is 6.92 Å². The molecule has 0 radical (unpaired) electrons. The summed E-state index contributed by atoms with van der Waals surface area (Å²) in [5.74, 6) is -0.713. The predicted octanol–water partition coefficient (Wildman–Crippen LogP) is 3.72. The fourth-order valence-corrected chi connectivity index (χ4v) is 3.75. The number of benzene rings is 2. The highest BCUT2D eigenvalue weighted by Crippen LogP contribution is 2.13. The van der Waals surface area contributed by atoms with E-state index >= 15 is 0 Å². The summed E-state index contributed by atoms with van der Waals surface area (Å²) >= 11 is 0. The molecule has 1 amide bonds. The van der Waals surface area contributed by atoms with E-state index < -0.39 is 22.0 Å². The van der Waals surface area contributed by atoms with Gasteiger partial charge in [0.05, 0.1) is 18.6 Å². The van der Waals surface area contributed by atoms with Gasteiger partial charge in [0.1, 0.15) is 6.10 Å². The standard InChI is InChI=1S/C26H28N2O5S/c1-19-8-14-23(15-9-19)25(29)24-7-5-17-28(24)16-4-6-21-10-12-22(13-11-21)18-33-20(2)26(30)27-34(3,31)32/h4-15,17,20H,16,18H2,1-3H3,(H,27,30)/b6-4+/t20-/m1/s1. The second kappa shape index (κ2) is 11.1. The summed E-state index contributed by atoms with van der Waals surface area (Å²) in [4.78, 5) is 24.6. The van der Waals surface area contributed by atoms with Gasteiger partial charge in [-0.05, 0) is 37.1 Å². The number of sulfonamides is 1. The first-order chi connectivity index (χ1) is 16.1. The van der Waals surface area contributed by atoms with Gasteiger partial charge in [-0.1, -0.05) is 66.2 Å². The normalized spacial score (nSPS) is 12.6. The van der Waals surface area contributed by atoms with E-state index in [1.807, 2.05) is 95.2 Å². The van der Waals surface area contributed by atoms with Gasteiger partial charge in [-0.2, -0.15) is 0 Å². The minimum Gasteiger partial charge on any atom is -0.364 e. The lowest BCUT2D eigenvalue weighted by Gasteiger charge is -2.12. The number of nitrogens with zero attached hydrogens (tertiary/aromatic N) is 1. The molecule has 1 atom stereocenters. The van der Waals surface area contributed by atoms with Crippen LogP contribution < -0.4 is 4.72 Å². The highest BCUT2D eigenvalue weighted by Gasteiger charge is 2.17. The van der Waals surface area contributed by atoms with Crippen molar-refractivity contribution in [2.24, 2.45) is 0 Å². The fraction of sp³-hybridized carbons (Fsp3) is 0.231. The molecule has 0 aliphatic heterocycles. The fourth-order valence-electron chi connectivity index (χ4n) is 3.22. The summed E-state index contributed by atoms with van der Waals surface area (Å²) in [6.07, 6.45) is 5.85. The number of hydrogen-bond donors (Lipinski definition) is 1. The van der Waals surface area contributed by atoms with Gasteiger partial charge in [-0.15, -0.1) is 0 Å². The molecule has 2 aromatic carbocycles. The lowest BCUT2D eigenvalue weighted by Crippen LogP contribution is -2.37. The molecule has 34 heavy (non-hydrogen) atoms. The molecule has 0 bridgehead atoms. The molecule has 8 heteroatoms. The number of carbonyl (C=O) groups is 2. The van der Waals surface area contributed by atoms with E-state index in [-0.39, 0.29) is 12.4 Å². The van der Waals surface area contributed by atoms with Crippen molar-refractivity contribution < 1.29 is 22.7 Å². The quantitative estimate of drug-likeness (QED) is 0.446. The lowest BCUT2D eigenvalue weighted by molar-refractivity contribution is -0.130. The van der Waals surface area contributed by atoms with Gasteiger partial charge in [-0.25, -0.2) is 8.42 Å². The largest absolute Gasteiger partial charge is 0.364 e. The minimum absolute atomic E-state index is 0.0119. The summed E-state index contributed by atoms with van der Waals surface area (Å²) in [6, 6.07) is 18.8. The number of aromatic nitrogens is 1. The van der Waals surface area contributed by atoms with Crippen molar-refractivity contribution in [2.75, 3.05) is 6.26 Å². The van der Waals surface area contributed by atoms with E-state index in [2.05, 4.69) is 0 Å². The average molecular weight is 481 g/mol. The van der Waals surface area contributed by atoms with Crippen LogP contribution in [0.25, 0.3) is 6.08 Å². The van der Waals surface area contributed by atoms with Crippen LogP contribution in [0.2, 0.25) is 0 Å². The maximum absolute atomic E-state index is 12.8. The van der Waals surface area contributed by atoms with Crippen molar-refractivity contribution in [3.8, 4) is 0 Å². The Bertz CT molecular complexity index is 1270. The monoisotopic (exact) mass is 480 g/mol. The van der Waals surface area contributed by atoms with E-state index in [1.54, 1.807) is 0 Å². The molecular formula is C26H28N2O5S. The Labute approximate surface area is 200 Å². The zero-order valence-corrected chi connectivity index (χ0v) is 20.2. The molecular weight excluding hydrogens is 452 g/mol. The predicted molar refractivity (Wildman–Crippen MR) is 132 cm³/mol. The lowest BCUT2D eigenvalue weighted by atomic mass is 10.1. The van der Waals surface area contributed by atoms with Gasteiger partial charge in [0.15, 0.2) is 0 Å². The van der Waals surface area contributed by atoms with Gasteiger partial charge >= 0.3 is 0 Å². The van der Waals surface area contributed by atoms with Crippen molar-refractivity contribution in [2.45, 2.75) is 33.1 Å².